The second-order valence-corrected chi connectivity index (χ2v) is 8.05. The summed E-state index contributed by atoms with van der Waals surface area (Å²) >= 11 is 3.31. The van der Waals surface area contributed by atoms with E-state index in [1.807, 2.05) is 31.2 Å². The third kappa shape index (κ3) is 3.03. The zero-order valence-electron chi connectivity index (χ0n) is 14.5. The molecule has 0 spiro atoms. The maximum Gasteiger partial charge on any atom is 0.267 e. The normalized spacial score (nSPS) is 11.3. The predicted molar refractivity (Wildman–Crippen MR) is 105 cm³/mol. The van der Waals surface area contributed by atoms with Crippen molar-refractivity contribution in [2.75, 3.05) is 5.75 Å². The average molecular weight is 359 g/mol. The molecule has 0 aliphatic carbocycles. The van der Waals surface area contributed by atoms with E-state index in [2.05, 4.69) is 20.8 Å². The molecule has 3 nitrogen and oxygen atoms in total. The van der Waals surface area contributed by atoms with Crippen molar-refractivity contribution >= 4 is 33.3 Å². The number of aryl methyl sites for hydroxylation is 3. The molecule has 2 aromatic heterocycles. The number of thiophene rings is 1. The van der Waals surface area contributed by atoms with Gasteiger partial charge in [-0.05, 0) is 44.4 Å². The minimum atomic E-state index is 0.0518. The second-order valence-electron chi connectivity index (χ2n) is 5.90. The molecule has 0 unspecified atom stereocenters. The highest BCUT2D eigenvalue weighted by Crippen LogP contribution is 2.30. The summed E-state index contributed by atoms with van der Waals surface area (Å²) in [7, 11) is 0. The van der Waals surface area contributed by atoms with Crippen LogP contribution in [0.3, 0.4) is 0 Å². The summed E-state index contributed by atoms with van der Waals surface area (Å²) in [4.78, 5) is 20.2. The third-order valence-electron chi connectivity index (χ3n) is 4.08. The molecule has 0 atom stereocenters. The molecule has 2 heterocycles. The number of hydrogen-bond acceptors (Lipinski definition) is 4. The van der Waals surface area contributed by atoms with E-state index in [0.717, 1.165) is 45.2 Å². The molecule has 0 saturated heterocycles. The predicted octanol–water partition coefficient (Wildman–Crippen LogP) is 5.13. The Morgan fingerprint density at radius 2 is 1.88 bits per heavy atom. The topological polar surface area (TPSA) is 34.9 Å². The number of hydrogen-bond donors (Lipinski definition) is 0. The number of aromatic nitrogens is 2. The van der Waals surface area contributed by atoms with Crippen LogP contribution in [0.2, 0.25) is 0 Å². The van der Waals surface area contributed by atoms with E-state index in [9.17, 15) is 4.79 Å². The summed E-state index contributed by atoms with van der Waals surface area (Å²) in [5.41, 5.74) is 3.21. The van der Waals surface area contributed by atoms with Crippen molar-refractivity contribution in [3.8, 4) is 5.69 Å². The van der Waals surface area contributed by atoms with Gasteiger partial charge in [-0.3, -0.25) is 9.36 Å². The lowest BCUT2D eigenvalue weighted by Gasteiger charge is -2.12. The quantitative estimate of drug-likeness (QED) is 0.468. The first-order chi connectivity index (χ1) is 11.6. The molecule has 5 heteroatoms. The van der Waals surface area contributed by atoms with E-state index in [4.69, 9.17) is 4.98 Å². The van der Waals surface area contributed by atoms with Crippen LogP contribution >= 0.6 is 23.1 Å². The van der Waals surface area contributed by atoms with Gasteiger partial charge in [0, 0.05) is 10.6 Å². The van der Waals surface area contributed by atoms with E-state index >= 15 is 0 Å². The van der Waals surface area contributed by atoms with Crippen LogP contribution in [0.15, 0.2) is 34.2 Å². The maximum atomic E-state index is 13.3. The summed E-state index contributed by atoms with van der Waals surface area (Å²) in [5.74, 6) is 0.953. The summed E-state index contributed by atoms with van der Waals surface area (Å²) < 4.78 is 1.78. The molecule has 3 aromatic rings. The van der Waals surface area contributed by atoms with Crippen molar-refractivity contribution in [3.05, 3.63) is 50.6 Å². The Labute approximate surface area is 150 Å². The lowest BCUT2D eigenvalue weighted by Crippen LogP contribution is -2.21. The SMILES string of the molecule is CCCSc1nc2sc(CC)c(C)c2c(=O)n1-c1ccc(C)cc1. The van der Waals surface area contributed by atoms with Crippen molar-refractivity contribution in [1.29, 1.82) is 0 Å². The van der Waals surface area contributed by atoms with Crippen molar-refractivity contribution < 1.29 is 0 Å². The summed E-state index contributed by atoms with van der Waals surface area (Å²) in [6.07, 6.45) is 1.99. The van der Waals surface area contributed by atoms with Gasteiger partial charge in [0.2, 0.25) is 0 Å². The van der Waals surface area contributed by atoms with E-state index in [1.54, 1.807) is 27.7 Å². The second kappa shape index (κ2) is 7.11. The molecule has 0 radical (unpaired) electrons. The van der Waals surface area contributed by atoms with Gasteiger partial charge in [-0.2, -0.15) is 0 Å². The zero-order valence-corrected chi connectivity index (χ0v) is 16.2. The first-order valence-corrected chi connectivity index (χ1v) is 10.1. The summed E-state index contributed by atoms with van der Waals surface area (Å²) in [5, 5.41) is 1.57. The standard InChI is InChI=1S/C19H22N2OS2/c1-5-11-23-19-20-17-16(13(4)15(6-2)24-17)18(22)21(19)14-9-7-12(3)8-10-14/h7-10H,5-6,11H2,1-4H3. The van der Waals surface area contributed by atoms with Gasteiger partial charge in [0.25, 0.3) is 5.56 Å². The monoisotopic (exact) mass is 358 g/mol. The van der Waals surface area contributed by atoms with Crippen LogP contribution in [0.1, 0.15) is 36.3 Å². The van der Waals surface area contributed by atoms with Crippen LogP contribution < -0.4 is 5.56 Å². The number of nitrogens with zero attached hydrogens (tertiary/aromatic N) is 2. The van der Waals surface area contributed by atoms with Crippen LogP contribution in [0, 0.1) is 13.8 Å². The van der Waals surface area contributed by atoms with Gasteiger partial charge in [0.15, 0.2) is 5.16 Å². The lowest BCUT2D eigenvalue weighted by molar-refractivity contribution is 0.820. The molecule has 126 valence electrons. The zero-order chi connectivity index (χ0) is 17.3. The Morgan fingerprint density at radius 3 is 2.50 bits per heavy atom. The number of benzene rings is 1. The van der Waals surface area contributed by atoms with Gasteiger partial charge < -0.3 is 0 Å². The van der Waals surface area contributed by atoms with E-state index in [0.29, 0.717) is 0 Å². The van der Waals surface area contributed by atoms with Crippen molar-refractivity contribution in [1.82, 2.24) is 9.55 Å². The molecule has 24 heavy (non-hydrogen) atoms. The van der Waals surface area contributed by atoms with E-state index in [1.165, 1.54) is 10.4 Å². The molecular formula is C19H22N2OS2. The molecule has 0 amide bonds. The summed E-state index contributed by atoms with van der Waals surface area (Å²) in [6.45, 7) is 8.36. The Kier molecular flexibility index (Phi) is 5.11. The van der Waals surface area contributed by atoms with Crippen molar-refractivity contribution in [2.24, 2.45) is 0 Å². The molecule has 0 aliphatic heterocycles. The van der Waals surface area contributed by atoms with Crippen molar-refractivity contribution in [2.45, 2.75) is 45.7 Å². The largest absolute Gasteiger partial charge is 0.268 e. The van der Waals surface area contributed by atoms with E-state index < -0.39 is 0 Å². The highest BCUT2D eigenvalue weighted by Gasteiger charge is 2.18. The van der Waals surface area contributed by atoms with E-state index in [-0.39, 0.29) is 5.56 Å². The molecule has 1 aromatic carbocycles. The van der Waals surface area contributed by atoms with Crippen LogP contribution in [0.4, 0.5) is 0 Å². The Bertz CT molecular complexity index is 923. The average Bonchev–Trinajstić information content (AvgIpc) is 2.90. The fraction of sp³-hybridized carbons (Fsp3) is 0.368. The van der Waals surface area contributed by atoms with Crippen LogP contribution in [-0.2, 0) is 6.42 Å². The first kappa shape index (κ1) is 17.2. The highest BCUT2D eigenvalue weighted by molar-refractivity contribution is 7.99. The molecule has 3 rings (SSSR count). The third-order valence-corrected chi connectivity index (χ3v) is 6.56. The summed E-state index contributed by atoms with van der Waals surface area (Å²) in [6, 6.07) is 8.09. The molecule has 0 saturated carbocycles. The molecule has 0 bridgehead atoms. The smallest absolute Gasteiger partial charge is 0.267 e. The van der Waals surface area contributed by atoms with Gasteiger partial charge in [0.1, 0.15) is 4.83 Å². The molecule has 0 aliphatic rings. The van der Waals surface area contributed by atoms with Crippen LogP contribution in [-0.4, -0.2) is 15.3 Å². The minimum Gasteiger partial charge on any atom is -0.268 e. The Hall–Kier alpha value is -1.59. The van der Waals surface area contributed by atoms with Crippen LogP contribution in [0.5, 0.6) is 0 Å². The van der Waals surface area contributed by atoms with Gasteiger partial charge in [-0.15, -0.1) is 11.3 Å². The highest BCUT2D eigenvalue weighted by atomic mass is 32.2. The minimum absolute atomic E-state index is 0.0518. The fourth-order valence-corrected chi connectivity index (χ4v) is 4.78. The number of fused-ring (bicyclic) bond motifs is 1. The van der Waals surface area contributed by atoms with Gasteiger partial charge in [-0.25, -0.2) is 4.98 Å². The first-order valence-electron chi connectivity index (χ1n) is 8.31. The Morgan fingerprint density at radius 1 is 1.17 bits per heavy atom. The van der Waals surface area contributed by atoms with Gasteiger partial charge in [0.05, 0.1) is 11.1 Å². The van der Waals surface area contributed by atoms with Gasteiger partial charge in [-0.1, -0.05) is 43.3 Å². The Balaban J connectivity index is 2.31. The number of thioether (sulfide) groups is 1. The molecule has 0 fully saturated rings. The van der Waals surface area contributed by atoms with Crippen molar-refractivity contribution in [3.63, 3.8) is 0 Å². The molecule has 0 N–H and O–H groups in total. The maximum absolute atomic E-state index is 13.3. The fourth-order valence-electron chi connectivity index (χ4n) is 2.76. The van der Waals surface area contributed by atoms with Gasteiger partial charge >= 0.3 is 0 Å². The molecular weight excluding hydrogens is 336 g/mol. The number of rotatable bonds is 5. The lowest BCUT2D eigenvalue weighted by atomic mass is 10.2. The van der Waals surface area contributed by atoms with Crippen LogP contribution in [0.25, 0.3) is 15.9 Å².